The van der Waals surface area contributed by atoms with Crippen molar-refractivity contribution in [2.75, 3.05) is 26.7 Å². The Morgan fingerprint density at radius 3 is 3.04 bits per heavy atom. The summed E-state index contributed by atoms with van der Waals surface area (Å²) in [6.45, 7) is 3.73. The van der Waals surface area contributed by atoms with Gasteiger partial charge in [-0.3, -0.25) is 9.59 Å². The van der Waals surface area contributed by atoms with Crippen LogP contribution in [0.3, 0.4) is 0 Å². The fraction of sp³-hybridized carbons (Fsp3) is 0.474. The summed E-state index contributed by atoms with van der Waals surface area (Å²) >= 11 is 0. The molecule has 3 rings (SSSR count). The lowest BCUT2D eigenvalue weighted by Crippen LogP contribution is -2.45. The average molecular weight is 343 g/mol. The van der Waals surface area contributed by atoms with Crippen molar-refractivity contribution in [3.05, 3.63) is 30.0 Å². The molecule has 2 aromatic rings. The van der Waals surface area contributed by atoms with Gasteiger partial charge in [-0.1, -0.05) is 0 Å². The highest BCUT2D eigenvalue weighted by Crippen LogP contribution is 2.24. The second-order valence-corrected chi connectivity index (χ2v) is 6.43. The number of benzene rings is 1. The number of nitrogens with one attached hydrogen (secondary N) is 2. The van der Waals surface area contributed by atoms with E-state index in [4.69, 9.17) is 4.74 Å². The molecule has 1 aliphatic heterocycles. The zero-order chi connectivity index (χ0) is 17.8. The lowest BCUT2D eigenvalue weighted by atomic mass is 9.96. The quantitative estimate of drug-likeness (QED) is 0.843. The van der Waals surface area contributed by atoms with Gasteiger partial charge in [-0.15, -0.1) is 0 Å². The van der Waals surface area contributed by atoms with Crippen LogP contribution in [0.15, 0.2) is 24.4 Å². The van der Waals surface area contributed by atoms with Gasteiger partial charge in [0.2, 0.25) is 11.8 Å². The Bertz CT molecular complexity index is 768. The third-order valence-corrected chi connectivity index (χ3v) is 4.92. The van der Waals surface area contributed by atoms with Gasteiger partial charge in [0.25, 0.3) is 0 Å². The Hall–Kier alpha value is -2.50. The third kappa shape index (κ3) is 3.78. The van der Waals surface area contributed by atoms with Gasteiger partial charge in [0.1, 0.15) is 5.75 Å². The summed E-state index contributed by atoms with van der Waals surface area (Å²) in [7, 11) is 1.65. The first-order valence-electron chi connectivity index (χ1n) is 8.82. The highest BCUT2D eigenvalue weighted by molar-refractivity contribution is 5.85. The molecule has 1 saturated heterocycles. The summed E-state index contributed by atoms with van der Waals surface area (Å²) in [4.78, 5) is 29.1. The smallest absolute Gasteiger partial charge is 0.224 e. The SMILES string of the molecule is CCN1C[C@H](C(=O)NCCc2c[nH]c3ccc(OC)cc23)CCC1=O. The van der Waals surface area contributed by atoms with E-state index >= 15 is 0 Å². The molecule has 0 bridgehead atoms. The molecule has 1 atom stereocenters. The zero-order valence-corrected chi connectivity index (χ0v) is 14.8. The number of aromatic nitrogens is 1. The van der Waals surface area contributed by atoms with Gasteiger partial charge in [0.15, 0.2) is 0 Å². The van der Waals surface area contributed by atoms with Gasteiger partial charge in [-0.2, -0.15) is 0 Å². The average Bonchev–Trinajstić information content (AvgIpc) is 3.04. The molecule has 0 saturated carbocycles. The number of methoxy groups -OCH3 is 1. The number of fused-ring (bicyclic) bond motifs is 1. The Kier molecular flexibility index (Phi) is 5.26. The van der Waals surface area contributed by atoms with Crippen molar-refractivity contribution in [1.82, 2.24) is 15.2 Å². The fourth-order valence-corrected chi connectivity index (χ4v) is 3.39. The van der Waals surface area contributed by atoms with E-state index in [2.05, 4.69) is 10.3 Å². The first-order chi connectivity index (χ1) is 12.1. The molecule has 6 nitrogen and oxygen atoms in total. The number of carbonyl (C=O) groups excluding carboxylic acids is 2. The number of nitrogens with zero attached hydrogens (tertiary/aromatic N) is 1. The van der Waals surface area contributed by atoms with Gasteiger partial charge < -0.3 is 19.9 Å². The number of carbonyl (C=O) groups is 2. The second-order valence-electron chi connectivity index (χ2n) is 6.43. The topological polar surface area (TPSA) is 74.4 Å². The molecule has 6 heteroatoms. The maximum Gasteiger partial charge on any atom is 0.224 e. The predicted octanol–water partition coefficient (Wildman–Crippen LogP) is 2.09. The van der Waals surface area contributed by atoms with Crippen LogP contribution in [0.1, 0.15) is 25.3 Å². The summed E-state index contributed by atoms with van der Waals surface area (Å²) in [5, 5.41) is 4.14. The van der Waals surface area contributed by atoms with Crippen molar-refractivity contribution < 1.29 is 14.3 Å². The molecular formula is C19H25N3O3. The summed E-state index contributed by atoms with van der Waals surface area (Å²) in [5.74, 6) is 0.923. The zero-order valence-electron chi connectivity index (χ0n) is 14.8. The van der Waals surface area contributed by atoms with Crippen molar-refractivity contribution in [3.63, 3.8) is 0 Å². The van der Waals surface area contributed by atoms with Crippen molar-refractivity contribution >= 4 is 22.7 Å². The van der Waals surface area contributed by atoms with Gasteiger partial charge >= 0.3 is 0 Å². The van der Waals surface area contributed by atoms with Crippen molar-refractivity contribution in [2.45, 2.75) is 26.2 Å². The van der Waals surface area contributed by atoms with Crippen LogP contribution in [0.2, 0.25) is 0 Å². The monoisotopic (exact) mass is 343 g/mol. The van der Waals surface area contributed by atoms with Gasteiger partial charge in [0.05, 0.1) is 13.0 Å². The number of rotatable bonds is 6. The Balaban J connectivity index is 1.56. The number of hydrogen-bond donors (Lipinski definition) is 2. The molecule has 0 unspecified atom stereocenters. The molecule has 2 amide bonds. The number of amides is 2. The van der Waals surface area contributed by atoms with Crippen LogP contribution in [-0.4, -0.2) is 48.4 Å². The maximum atomic E-state index is 12.4. The van der Waals surface area contributed by atoms with Crippen LogP contribution in [0.25, 0.3) is 10.9 Å². The first kappa shape index (κ1) is 17.3. The Labute approximate surface area is 147 Å². The lowest BCUT2D eigenvalue weighted by molar-refractivity contribution is -0.138. The normalized spacial score (nSPS) is 17.8. The minimum Gasteiger partial charge on any atom is -0.497 e. The van der Waals surface area contributed by atoms with E-state index in [-0.39, 0.29) is 17.7 Å². The minimum atomic E-state index is -0.0966. The van der Waals surface area contributed by atoms with Crippen LogP contribution in [0, 0.1) is 5.92 Å². The molecule has 0 aliphatic carbocycles. The highest BCUT2D eigenvalue weighted by Gasteiger charge is 2.29. The Morgan fingerprint density at radius 2 is 2.28 bits per heavy atom. The van der Waals surface area contributed by atoms with Crippen LogP contribution in [0.5, 0.6) is 5.75 Å². The molecule has 1 aromatic heterocycles. The molecule has 134 valence electrons. The lowest BCUT2D eigenvalue weighted by Gasteiger charge is -2.31. The van der Waals surface area contributed by atoms with Crippen molar-refractivity contribution in [3.8, 4) is 5.75 Å². The second kappa shape index (κ2) is 7.59. The number of likely N-dealkylation sites (tertiary alicyclic amines) is 1. The molecule has 1 fully saturated rings. The summed E-state index contributed by atoms with van der Waals surface area (Å²) < 4.78 is 5.28. The number of H-pyrrole nitrogens is 1. The van der Waals surface area contributed by atoms with Crippen LogP contribution in [-0.2, 0) is 16.0 Å². The van der Waals surface area contributed by atoms with Gasteiger partial charge in [-0.05, 0) is 43.5 Å². The highest BCUT2D eigenvalue weighted by atomic mass is 16.5. The molecule has 0 spiro atoms. The van der Waals surface area contributed by atoms with Gasteiger partial charge in [0, 0.05) is 43.2 Å². The van der Waals surface area contributed by atoms with Crippen LogP contribution in [0.4, 0.5) is 0 Å². The molecule has 1 aliphatic rings. The molecule has 1 aromatic carbocycles. The molecule has 25 heavy (non-hydrogen) atoms. The minimum absolute atomic E-state index is 0.0448. The van der Waals surface area contributed by atoms with Crippen molar-refractivity contribution in [1.29, 1.82) is 0 Å². The molecule has 0 radical (unpaired) electrons. The van der Waals surface area contributed by atoms with Crippen LogP contribution >= 0.6 is 0 Å². The molecular weight excluding hydrogens is 318 g/mol. The summed E-state index contributed by atoms with van der Waals surface area (Å²) in [5.41, 5.74) is 2.22. The number of ether oxygens (including phenoxy) is 1. The number of aromatic amines is 1. The standard InChI is InChI=1S/C19H25N3O3/c1-3-22-12-14(4-7-18(22)23)19(24)20-9-8-13-11-21-17-6-5-15(25-2)10-16(13)17/h5-6,10-11,14,21H,3-4,7-9,12H2,1-2H3,(H,20,24)/t14-/m1/s1. The predicted molar refractivity (Wildman–Crippen MR) is 96.5 cm³/mol. The first-order valence-corrected chi connectivity index (χ1v) is 8.82. The third-order valence-electron chi connectivity index (χ3n) is 4.92. The van der Waals surface area contributed by atoms with E-state index in [9.17, 15) is 9.59 Å². The largest absolute Gasteiger partial charge is 0.497 e. The van der Waals surface area contributed by atoms with E-state index in [1.165, 1.54) is 0 Å². The summed E-state index contributed by atoms with van der Waals surface area (Å²) in [6, 6.07) is 5.93. The van der Waals surface area contributed by atoms with E-state index in [1.807, 2.05) is 31.3 Å². The molecule has 2 heterocycles. The fourth-order valence-electron chi connectivity index (χ4n) is 3.39. The number of piperidine rings is 1. The molecule has 2 N–H and O–H groups in total. The van der Waals surface area contributed by atoms with Crippen molar-refractivity contribution in [2.24, 2.45) is 5.92 Å². The van der Waals surface area contributed by atoms with Crippen LogP contribution < -0.4 is 10.1 Å². The number of hydrogen-bond acceptors (Lipinski definition) is 3. The van der Waals surface area contributed by atoms with E-state index in [1.54, 1.807) is 12.0 Å². The summed E-state index contributed by atoms with van der Waals surface area (Å²) in [6.07, 6.45) is 3.84. The van der Waals surface area contributed by atoms with E-state index in [0.29, 0.717) is 32.5 Å². The van der Waals surface area contributed by atoms with E-state index < -0.39 is 0 Å². The van der Waals surface area contributed by atoms with E-state index in [0.717, 1.165) is 28.6 Å². The Morgan fingerprint density at radius 1 is 1.44 bits per heavy atom. The van der Waals surface area contributed by atoms with Gasteiger partial charge in [-0.25, -0.2) is 0 Å². The maximum absolute atomic E-state index is 12.4.